The topological polar surface area (TPSA) is 37.8 Å². The molecule has 0 aliphatic heterocycles. The number of nitrogens with zero attached hydrogens (tertiary/aromatic N) is 1. The zero-order chi connectivity index (χ0) is 15.1. The van der Waals surface area contributed by atoms with Crippen molar-refractivity contribution in [1.29, 1.82) is 0 Å². The van der Waals surface area contributed by atoms with Crippen molar-refractivity contribution in [3.05, 3.63) is 49.9 Å². The van der Waals surface area contributed by atoms with Crippen molar-refractivity contribution in [1.82, 2.24) is 9.78 Å². The van der Waals surface area contributed by atoms with Gasteiger partial charge in [0, 0.05) is 11.8 Å². The number of aromatic amines is 1. The summed E-state index contributed by atoms with van der Waals surface area (Å²) in [6.45, 7) is 1.82. The second kappa shape index (κ2) is 5.18. The van der Waals surface area contributed by atoms with Gasteiger partial charge in [0.15, 0.2) is 0 Å². The Kier molecular flexibility index (Phi) is 3.88. The summed E-state index contributed by atoms with van der Waals surface area (Å²) in [5.74, 6) is 0. The third-order valence-corrected chi connectivity index (χ3v) is 3.30. The third-order valence-electron chi connectivity index (χ3n) is 2.72. The van der Waals surface area contributed by atoms with Gasteiger partial charge in [0.25, 0.3) is 5.56 Å². The first-order chi connectivity index (χ1) is 9.24. The Labute approximate surface area is 121 Å². The van der Waals surface area contributed by atoms with Gasteiger partial charge in [-0.1, -0.05) is 30.1 Å². The minimum Gasteiger partial charge on any atom is -0.295 e. The fourth-order valence-electron chi connectivity index (χ4n) is 1.73. The van der Waals surface area contributed by atoms with Gasteiger partial charge in [-0.3, -0.25) is 9.89 Å². The molecule has 0 aliphatic rings. The summed E-state index contributed by atoms with van der Waals surface area (Å²) in [6.07, 6.45) is -3.99. The SMILES string of the molecule is CCc1cc(=O)n(-c2c(Cl)cc(C(F)(F)F)cc2Cl)[nH]1. The van der Waals surface area contributed by atoms with E-state index in [-0.39, 0.29) is 15.7 Å². The minimum absolute atomic E-state index is 0.00559. The Morgan fingerprint density at radius 3 is 2.15 bits per heavy atom. The Hall–Kier alpha value is -1.40. The van der Waals surface area contributed by atoms with Gasteiger partial charge in [-0.2, -0.15) is 13.2 Å². The van der Waals surface area contributed by atoms with E-state index in [4.69, 9.17) is 23.2 Å². The maximum absolute atomic E-state index is 12.6. The molecule has 0 spiro atoms. The first kappa shape index (κ1) is 15.0. The Balaban J connectivity index is 2.64. The van der Waals surface area contributed by atoms with Gasteiger partial charge < -0.3 is 0 Å². The van der Waals surface area contributed by atoms with Crippen LogP contribution in [0, 0.1) is 0 Å². The number of aryl methyl sites for hydroxylation is 1. The number of alkyl halides is 3. The molecule has 20 heavy (non-hydrogen) atoms. The predicted molar refractivity (Wildman–Crippen MR) is 70.8 cm³/mol. The van der Waals surface area contributed by atoms with Crippen LogP contribution in [0.25, 0.3) is 5.69 Å². The average Bonchev–Trinajstić information content (AvgIpc) is 2.69. The van der Waals surface area contributed by atoms with Gasteiger partial charge in [-0.25, -0.2) is 4.68 Å². The molecule has 0 fully saturated rings. The second-order valence-corrected chi connectivity index (χ2v) is 4.91. The highest BCUT2D eigenvalue weighted by Crippen LogP contribution is 2.36. The average molecular weight is 325 g/mol. The Morgan fingerprint density at radius 1 is 1.20 bits per heavy atom. The van der Waals surface area contributed by atoms with E-state index in [9.17, 15) is 18.0 Å². The van der Waals surface area contributed by atoms with Crippen LogP contribution in [0.3, 0.4) is 0 Å². The third kappa shape index (κ3) is 2.71. The molecule has 3 nitrogen and oxygen atoms in total. The van der Waals surface area contributed by atoms with Crippen molar-refractivity contribution in [3.63, 3.8) is 0 Å². The summed E-state index contributed by atoms with van der Waals surface area (Å²) in [5, 5.41) is 2.23. The molecular weight excluding hydrogens is 316 g/mol. The highest BCUT2D eigenvalue weighted by molar-refractivity contribution is 6.37. The van der Waals surface area contributed by atoms with Gasteiger partial charge in [0.2, 0.25) is 0 Å². The molecule has 1 N–H and O–H groups in total. The fraction of sp³-hybridized carbons (Fsp3) is 0.250. The predicted octanol–water partition coefficient (Wildman–Crippen LogP) is 4.05. The smallest absolute Gasteiger partial charge is 0.295 e. The number of rotatable bonds is 2. The lowest BCUT2D eigenvalue weighted by Gasteiger charge is -2.12. The summed E-state index contributed by atoms with van der Waals surface area (Å²) >= 11 is 11.7. The van der Waals surface area contributed by atoms with Crippen LogP contribution in [-0.4, -0.2) is 9.78 Å². The number of H-pyrrole nitrogens is 1. The van der Waals surface area contributed by atoms with E-state index in [1.54, 1.807) is 0 Å². The van der Waals surface area contributed by atoms with Gasteiger partial charge >= 0.3 is 6.18 Å². The largest absolute Gasteiger partial charge is 0.416 e. The summed E-state index contributed by atoms with van der Waals surface area (Å²) in [4.78, 5) is 11.8. The molecule has 1 aromatic heterocycles. The van der Waals surface area contributed by atoms with Crippen LogP contribution in [-0.2, 0) is 12.6 Å². The standard InChI is InChI=1S/C12H9Cl2F3N2O/c1-2-7-5-10(20)19(18-7)11-8(13)3-6(4-9(11)14)12(15,16)17/h3-5,18H,2H2,1H3. The second-order valence-electron chi connectivity index (χ2n) is 4.09. The van der Waals surface area contributed by atoms with Gasteiger partial charge in [-0.05, 0) is 18.6 Å². The number of hydrogen-bond acceptors (Lipinski definition) is 1. The molecule has 8 heteroatoms. The molecule has 0 aliphatic carbocycles. The summed E-state index contributed by atoms with van der Waals surface area (Å²) in [6, 6.07) is 2.81. The number of halogens is 5. The monoisotopic (exact) mass is 324 g/mol. The van der Waals surface area contributed by atoms with Crippen LogP contribution in [0.15, 0.2) is 23.0 Å². The van der Waals surface area contributed by atoms with E-state index in [2.05, 4.69) is 5.10 Å². The normalized spacial score (nSPS) is 11.9. The van der Waals surface area contributed by atoms with Crippen molar-refractivity contribution < 1.29 is 13.2 Å². The molecule has 0 unspecified atom stereocenters. The summed E-state index contributed by atoms with van der Waals surface area (Å²) in [5.41, 5.74) is -0.773. The molecule has 1 heterocycles. The van der Waals surface area contributed by atoms with Crippen LogP contribution in [0.1, 0.15) is 18.2 Å². The number of benzene rings is 1. The number of nitrogens with one attached hydrogen (secondary N) is 1. The van der Waals surface area contributed by atoms with E-state index in [1.165, 1.54) is 6.07 Å². The van der Waals surface area contributed by atoms with Crippen LogP contribution in [0.5, 0.6) is 0 Å². The van der Waals surface area contributed by atoms with Crippen molar-refractivity contribution in [2.75, 3.05) is 0 Å². The molecule has 0 amide bonds. The molecule has 0 saturated heterocycles. The highest BCUT2D eigenvalue weighted by Gasteiger charge is 2.32. The van der Waals surface area contributed by atoms with Crippen LogP contribution < -0.4 is 5.56 Å². The van der Waals surface area contributed by atoms with Gasteiger partial charge in [0.05, 0.1) is 15.6 Å². The van der Waals surface area contributed by atoms with Crippen molar-refractivity contribution >= 4 is 23.2 Å². The molecule has 0 bridgehead atoms. The molecule has 108 valence electrons. The molecule has 0 atom stereocenters. The zero-order valence-electron chi connectivity index (χ0n) is 10.2. The molecule has 0 radical (unpaired) electrons. The Bertz CT molecular complexity index is 680. The molecular formula is C12H9Cl2F3N2O. The molecule has 2 aromatic rings. The first-order valence-corrected chi connectivity index (χ1v) is 6.37. The van der Waals surface area contributed by atoms with Gasteiger partial charge in [-0.15, -0.1) is 0 Å². The maximum atomic E-state index is 12.6. The Morgan fingerprint density at radius 2 is 1.75 bits per heavy atom. The highest BCUT2D eigenvalue weighted by atomic mass is 35.5. The van der Waals surface area contributed by atoms with E-state index < -0.39 is 17.3 Å². The fourth-order valence-corrected chi connectivity index (χ4v) is 2.39. The summed E-state index contributed by atoms with van der Waals surface area (Å²) < 4.78 is 38.9. The minimum atomic E-state index is -4.55. The number of aromatic nitrogens is 2. The number of hydrogen-bond donors (Lipinski definition) is 1. The van der Waals surface area contributed by atoms with E-state index in [0.29, 0.717) is 12.1 Å². The zero-order valence-corrected chi connectivity index (χ0v) is 11.7. The van der Waals surface area contributed by atoms with Crippen molar-refractivity contribution in [3.8, 4) is 5.69 Å². The van der Waals surface area contributed by atoms with Crippen molar-refractivity contribution in [2.45, 2.75) is 19.5 Å². The quantitative estimate of drug-likeness (QED) is 0.889. The van der Waals surface area contributed by atoms with Crippen LogP contribution in [0.2, 0.25) is 10.0 Å². The van der Waals surface area contributed by atoms with E-state index >= 15 is 0 Å². The lowest BCUT2D eigenvalue weighted by molar-refractivity contribution is -0.137. The molecule has 2 rings (SSSR count). The molecule has 1 aromatic carbocycles. The van der Waals surface area contributed by atoms with Crippen molar-refractivity contribution in [2.24, 2.45) is 0 Å². The van der Waals surface area contributed by atoms with Gasteiger partial charge in [0.1, 0.15) is 5.69 Å². The van der Waals surface area contributed by atoms with Crippen LogP contribution >= 0.6 is 23.2 Å². The molecule has 0 saturated carbocycles. The first-order valence-electron chi connectivity index (χ1n) is 5.61. The maximum Gasteiger partial charge on any atom is 0.416 e. The van der Waals surface area contributed by atoms with Crippen LogP contribution in [0.4, 0.5) is 13.2 Å². The van der Waals surface area contributed by atoms with E-state index in [0.717, 1.165) is 16.8 Å². The lowest BCUT2D eigenvalue weighted by Crippen LogP contribution is -2.15. The lowest BCUT2D eigenvalue weighted by atomic mass is 10.2. The summed E-state index contributed by atoms with van der Waals surface area (Å²) in [7, 11) is 0. The van der Waals surface area contributed by atoms with E-state index in [1.807, 2.05) is 6.92 Å².